The third kappa shape index (κ3) is 1.59. The average molecular weight is 222 g/mol. The highest BCUT2D eigenvalue weighted by Crippen LogP contribution is 2.43. The van der Waals surface area contributed by atoms with Crippen LogP contribution in [0.15, 0.2) is 42.5 Å². The van der Waals surface area contributed by atoms with Gasteiger partial charge in [0.1, 0.15) is 0 Å². The molecule has 0 aromatic heterocycles. The number of benzene rings is 2. The summed E-state index contributed by atoms with van der Waals surface area (Å²) < 4.78 is 0. The minimum absolute atomic E-state index is 0.232. The Bertz CT molecular complexity index is 609. The van der Waals surface area contributed by atoms with Gasteiger partial charge in [-0.1, -0.05) is 63.2 Å². The first kappa shape index (κ1) is 10.6. The lowest BCUT2D eigenvalue weighted by Crippen LogP contribution is -2.07. The van der Waals surface area contributed by atoms with Crippen molar-refractivity contribution in [1.29, 1.82) is 0 Å². The fourth-order valence-electron chi connectivity index (χ4n) is 2.80. The molecular weight excluding hydrogens is 204 g/mol. The van der Waals surface area contributed by atoms with E-state index in [0.29, 0.717) is 0 Å². The van der Waals surface area contributed by atoms with E-state index in [9.17, 15) is 0 Å². The molecule has 1 aliphatic carbocycles. The molecule has 2 aromatic rings. The predicted octanol–water partition coefficient (Wildman–Crippen LogP) is 4.83. The molecule has 0 bridgehead atoms. The fourth-order valence-corrected chi connectivity index (χ4v) is 2.80. The Balaban J connectivity index is 2.33. The molecule has 0 unspecified atom stereocenters. The maximum absolute atomic E-state index is 2.40. The summed E-state index contributed by atoms with van der Waals surface area (Å²) in [5.41, 5.74) is 4.70. The fraction of sp³-hybridized carbons (Fsp3) is 0.294. The maximum Gasteiger partial charge on any atom is -0.00849 e. The lowest BCUT2D eigenvalue weighted by atomic mass is 9.81. The van der Waals surface area contributed by atoms with Gasteiger partial charge in [-0.25, -0.2) is 0 Å². The molecule has 0 heteroatoms. The van der Waals surface area contributed by atoms with Gasteiger partial charge in [0.2, 0.25) is 0 Å². The van der Waals surface area contributed by atoms with Gasteiger partial charge in [0.25, 0.3) is 0 Å². The first-order valence-corrected chi connectivity index (χ1v) is 6.29. The maximum atomic E-state index is 2.40. The summed E-state index contributed by atoms with van der Waals surface area (Å²) in [5, 5.41) is 2.76. The Hall–Kier alpha value is -1.56. The van der Waals surface area contributed by atoms with Crippen LogP contribution in [0.25, 0.3) is 16.3 Å². The summed E-state index contributed by atoms with van der Waals surface area (Å²) in [7, 11) is 0. The molecule has 0 saturated heterocycles. The monoisotopic (exact) mass is 222 g/mol. The zero-order valence-corrected chi connectivity index (χ0v) is 10.7. The zero-order chi connectivity index (χ0) is 12.0. The van der Waals surface area contributed by atoms with Crippen molar-refractivity contribution < 1.29 is 0 Å². The number of fused-ring (bicyclic) bond motifs is 3. The minimum atomic E-state index is 0.232. The first-order valence-electron chi connectivity index (χ1n) is 6.29. The number of hydrogen-bond acceptors (Lipinski definition) is 0. The van der Waals surface area contributed by atoms with Gasteiger partial charge in [-0.15, -0.1) is 0 Å². The molecule has 0 N–H and O–H groups in total. The van der Waals surface area contributed by atoms with Gasteiger partial charge in [-0.3, -0.25) is 0 Å². The van der Waals surface area contributed by atoms with Crippen LogP contribution in [0.2, 0.25) is 0 Å². The minimum Gasteiger partial charge on any atom is -0.0757 e. The Morgan fingerprint density at radius 3 is 2.47 bits per heavy atom. The highest BCUT2D eigenvalue weighted by atomic mass is 14.3. The molecule has 0 saturated carbocycles. The molecule has 0 spiro atoms. The number of rotatable bonds is 0. The van der Waals surface area contributed by atoms with E-state index < -0.39 is 0 Å². The molecule has 0 heterocycles. The second kappa shape index (κ2) is 3.46. The van der Waals surface area contributed by atoms with Gasteiger partial charge >= 0.3 is 0 Å². The van der Waals surface area contributed by atoms with E-state index in [-0.39, 0.29) is 5.41 Å². The van der Waals surface area contributed by atoms with E-state index >= 15 is 0 Å². The Morgan fingerprint density at radius 1 is 0.941 bits per heavy atom. The molecular formula is C17H18. The normalized spacial score (nSPS) is 14.9. The van der Waals surface area contributed by atoms with Crippen LogP contribution in [0.5, 0.6) is 0 Å². The summed E-state index contributed by atoms with van der Waals surface area (Å²) in [6.07, 6.45) is 3.49. The third-order valence-electron chi connectivity index (χ3n) is 3.62. The van der Waals surface area contributed by atoms with Crippen molar-refractivity contribution in [3.8, 4) is 0 Å². The van der Waals surface area contributed by atoms with Crippen LogP contribution in [0.3, 0.4) is 0 Å². The average Bonchev–Trinajstić information content (AvgIpc) is 2.72. The van der Waals surface area contributed by atoms with E-state index in [1.165, 1.54) is 27.5 Å². The molecule has 0 nitrogen and oxygen atoms in total. The molecule has 0 radical (unpaired) electrons. The molecule has 0 atom stereocenters. The number of allylic oxidation sites excluding steroid dienone is 2. The standard InChI is InChI=1S/C17H18/c1-17(2,3)15-11-10-13-9-8-12-6-4-5-7-14(12)16(13)15/h4-9,11H,10H2,1-3H3. The van der Waals surface area contributed by atoms with Crippen molar-refractivity contribution in [2.75, 3.05) is 0 Å². The van der Waals surface area contributed by atoms with E-state index in [0.717, 1.165) is 6.42 Å². The van der Waals surface area contributed by atoms with Gasteiger partial charge < -0.3 is 0 Å². The lowest BCUT2D eigenvalue weighted by Gasteiger charge is -2.23. The van der Waals surface area contributed by atoms with Crippen LogP contribution < -0.4 is 0 Å². The molecule has 2 aromatic carbocycles. The molecule has 3 rings (SSSR count). The van der Waals surface area contributed by atoms with E-state index in [4.69, 9.17) is 0 Å². The smallest absolute Gasteiger partial charge is 0.00849 e. The summed E-state index contributed by atoms with van der Waals surface area (Å²) in [4.78, 5) is 0. The van der Waals surface area contributed by atoms with Crippen molar-refractivity contribution in [2.24, 2.45) is 5.41 Å². The summed E-state index contributed by atoms with van der Waals surface area (Å²) in [6, 6.07) is 13.2. The van der Waals surface area contributed by atoms with E-state index in [1.807, 2.05) is 0 Å². The highest BCUT2D eigenvalue weighted by molar-refractivity contribution is 5.97. The largest absolute Gasteiger partial charge is 0.0757 e. The Labute approximate surface area is 103 Å². The van der Waals surface area contributed by atoms with Gasteiger partial charge in [0.15, 0.2) is 0 Å². The van der Waals surface area contributed by atoms with Crippen LogP contribution in [-0.4, -0.2) is 0 Å². The summed E-state index contributed by atoms with van der Waals surface area (Å²) >= 11 is 0. The highest BCUT2D eigenvalue weighted by Gasteiger charge is 2.25. The van der Waals surface area contributed by atoms with Crippen molar-refractivity contribution in [3.05, 3.63) is 53.6 Å². The van der Waals surface area contributed by atoms with Crippen molar-refractivity contribution in [3.63, 3.8) is 0 Å². The quantitative estimate of drug-likeness (QED) is 0.599. The van der Waals surface area contributed by atoms with Crippen LogP contribution in [0.4, 0.5) is 0 Å². The second-order valence-electron chi connectivity index (χ2n) is 5.89. The number of hydrogen-bond donors (Lipinski definition) is 0. The van der Waals surface area contributed by atoms with Crippen LogP contribution >= 0.6 is 0 Å². The summed E-state index contributed by atoms with van der Waals surface area (Å²) in [6.45, 7) is 6.90. The van der Waals surface area contributed by atoms with Gasteiger partial charge in [0.05, 0.1) is 0 Å². The third-order valence-corrected chi connectivity index (χ3v) is 3.62. The van der Waals surface area contributed by atoms with Crippen molar-refractivity contribution in [2.45, 2.75) is 27.2 Å². The van der Waals surface area contributed by atoms with Crippen molar-refractivity contribution in [1.82, 2.24) is 0 Å². The zero-order valence-electron chi connectivity index (χ0n) is 10.7. The lowest BCUT2D eigenvalue weighted by molar-refractivity contribution is 0.568. The van der Waals surface area contributed by atoms with Gasteiger partial charge in [-0.2, -0.15) is 0 Å². The predicted molar refractivity (Wildman–Crippen MR) is 75.1 cm³/mol. The Morgan fingerprint density at radius 2 is 1.71 bits per heavy atom. The van der Waals surface area contributed by atoms with Gasteiger partial charge in [-0.05, 0) is 39.3 Å². The topological polar surface area (TPSA) is 0 Å². The second-order valence-corrected chi connectivity index (χ2v) is 5.89. The van der Waals surface area contributed by atoms with E-state index in [2.05, 4.69) is 63.2 Å². The van der Waals surface area contributed by atoms with Crippen LogP contribution in [0.1, 0.15) is 31.9 Å². The molecule has 0 fully saturated rings. The molecule has 17 heavy (non-hydrogen) atoms. The van der Waals surface area contributed by atoms with Gasteiger partial charge in [0, 0.05) is 0 Å². The van der Waals surface area contributed by atoms with Crippen molar-refractivity contribution >= 4 is 16.3 Å². The molecule has 1 aliphatic rings. The van der Waals surface area contributed by atoms with Crippen LogP contribution in [0, 0.1) is 5.41 Å². The molecule has 0 aliphatic heterocycles. The van der Waals surface area contributed by atoms with Crippen LogP contribution in [-0.2, 0) is 6.42 Å². The summed E-state index contributed by atoms with van der Waals surface area (Å²) in [5.74, 6) is 0. The van der Waals surface area contributed by atoms with E-state index in [1.54, 1.807) is 0 Å². The Kier molecular flexibility index (Phi) is 2.16. The SMILES string of the molecule is CC(C)(C)C1=CCc2ccc3ccccc3c21. The first-order chi connectivity index (χ1) is 8.07. The molecule has 86 valence electrons. The molecule has 0 amide bonds.